The fraction of sp³-hybridized carbons (Fsp3) is 0.500. The fourth-order valence-electron chi connectivity index (χ4n) is 2.63. The van der Waals surface area contributed by atoms with Gasteiger partial charge >= 0.3 is 0 Å². The Bertz CT molecular complexity index is 687. The molecule has 8 heteroatoms. The standard InChI is InChI=1S/C14H19N5O2.ClH/c1-8-3-13-16-6-11(9(2)19(13)18-8)14(21)17-5-10-4-15-7-12(10)20;/h3,6,10,12,15,20H,4-5,7H2,1-2H3,(H,17,21);1H. The predicted octanol–water partition coefficient (Wildman–Crippen LogP) is 0.0780. The molecule has 0 spiro atoms. The van der Waals surface area contributed by atoms with Crippen molar-refractivity contribution in [2.45, 2.75) is 20.0 Å². The van der Waals surface area contributed by atoms with Crippen LogP contribution in [0.4, 0.5) is 0 Å². The van der Waals surface area contributed by atoms with Gasteiger partial charge in [-0.1, -0.05) is 0 Å². The van der Waals surface area contributed by atoms with Crippen molar-refractivity contribution in [1.82, 2.24) is 25.2 Å². The van der Waals surface area contributed by atoms with Crippen molar-refractivity contribution in [3.8, 4) is 0 Å². The Kier molecular flexibility index (Phi) is 5.00. The number of aryl methyl sites for hydroxylation is 2. The van der Waals surface area contributed by atoms with Crippen molar-refractivity contribution >= 4 is 24.0 Å². The zero-order chi connectivity index (χ0) is 15.0. The summed E-state index contributed by atoms with van der Waals surface area (Å²) in [5.41, 5.74) is 2.86. The van der Waals surface area contributed by atoms with Gasteiger partial charge in [-0.05, 0) is 13.8 Å². The number of fused-ring (bicyclic) bond motifs is 1. The fourth-order valence-corrected chi connectivity index (χ4v) is 2.63. The lowest BCUT2D eigenvalue weighted by atomic mass is 10.1. The summed E-state index contributed by atoms with van der Waals surface area (Å²) in [4.78, 5) is 16.5. The van der Waals surface area contributed by atoms with E-state index in [1.165, 1.54) is 0 Å². The van der Waals surface area contributed by atoms with Crippen LogP contribution in [-0.4, -0.2) is 51.4 Å². The van der Waals surface area contributed by atoms with Crippen LogP contribution < -0.4 is 10.6 Å². The molecule has 2 atom stereocenters. The molecule has 22 heavy (non-hydrogen) atoms. The van der Waals surface area contributed by atoms with E-state index < -0.39 is 6.10 Å². The van der Waals surface area contributed by atoms with Gasteiger partial charge in [-0.3, -0.25) is 4.79 Å². The Morgan fingerprint density at radius 3 is 2.95 bits per heavy atom. The molecule has 0 aliphatic carbocycles. The van der Waals surface area contributed by atoms with Crippen molar-refractivity contribution in [2.75, 3.05) is 19.6 Å². The van der Waals surface area contributed by atoms with E-state index >= 15 is 0 Å². The highest BCUT2D eigenvalue weighted by molar-refractivity contribution is 5.95. The van der Waals surface area contributed by atoms with Gasteiger partial charge in [0.1, 0.15) is 0 Å². The zero-order valence-electron chi connectivity index (χ0n) is 12.5. The normalized spacial score (nSPS) is 20.9. The molecule has 7 nitrogen and oxygen atoms in total. The lowest BCUT2D eigenvalue weighted by Crippen LogP contribution is -2.35. The Morgan fingerprint density at radius 2 is 2.27 bits per heavy atom. The van der Waals surface area contributed by atoms with Crippen LogP contribution in [0, 0.1) is 19.8 Å². The minimum atomic E-state index is -0.402. The average Bonchev–Trinajstić information content (AvgIpc) is 3.02. The summed E-state index contributed by atoms with van der Waals surface area (Å²) < 4.78 is 1.68. The van der Waals surface area contributed by atoms with Gasteiger partial charge in [-0.2, -0.15) is 5.10 Å². The highest BCUT2D eigenvalue weighted by atomic mass is 35.5. The number of nitrogens with one attached hydrogen (secondary N) is 2. The second-order valence-corrected chi connectivity index (χ2v) is 5.51. The van der Waals surface area contributed by atoms with Gasteiger partial charge in [0, 0.05) is 37.8 Å². The quantitative estimate of drug-likeness (QED) is 0.743. The van der Waals surface area contributed by atoms with Crippen molar-refractivity contribution < 1.29 is 9.90 Å². The molecule has 2 aromatic heterocycles. The van der Waals surface area contributed by atoms with Gasteiger partial charge in [0.25, 0.3) is 5.91 Å². The molecule has 0 aromatic carbocycles. The van der Waals surface area contributed by atoms with E-state index in [1.807, 2.05) is 19.9 Å². The van der Waals surface area contributed by atoms with Crippen LogP contribution >= 0.6 is 12.4 Å². The molecule has 3 N–H and O–H groups in total. The van der Waals surface area contributed by atoms with E-state index in [2.05, 4.69) is 20.7 Å². The third kappa shape index (κ3) is 3.06. The molecule has 2 unspecified atom stereocenters. The second kappa shape index (κ2) is 6.60. The first kappa shape index (κ1) is 16.7. The Balaban J connectivity index is 0.00000176. The number of rotatable bonds is 3. The van der Waals surface area contributed by atoms with Crippen LogP contribution in [0.2, 0.25) is 0 Å². The van der Waals surface area contributed by atoms with Gasteiger partial charge in [0.2, 0.25) is 0 Å². The van der Waals surface area contributed by atoms with E-state index in [4.69, 9.17) is 0 Å². The predicted molar refractivity (Wildman–Crippen MR) is 84.4 cm³/mol. The number of hydrogen-bond acceptors (Lipinski definition) is 5. The van der Waals surface area contributed by atoms with Crippen molar-refractivity contribution in [3.05, 3.63) is 29.2 Å². The van der Waals surface area contributed by atoms with E-state index in [0.717, 1.165) is 23.6 Å². The largest absolute Gasteiger partial charge is 0.391 e. The van der Waals surface area contributed by atoms with E-state index in [9.17, 15) is 9.90 Å². The molecule has 120 valence electrons. The number of aliphatic hydroxyl groups is 1. The maximum absolute atomic E-state index is 12.3. The van der Waals surface area contributed by atoms with Crippen molar-refractivity contribution in [2.24, 2.45) is 5.92 Å². The molecule has 0 saturated carbocycles. The minimum Gasteiger partial charge on any atom is -0.391 e. The summed E-state index contributed by atoms with van der Waals surface area (Å²) >= 11 is 0. The van der Waals surface area contributed by atoms with Gasteiger partial charge in [0.05, 0.1) is 23.1 Å². The number of aromatic nitrogens is 3. The van der Waals surface area contributed by atoms with E-state index in [0.29, 0.717) is 18.7 Å². The summed E-state index contributed by atoms with van der Waals surface area (Å²) in [6.45, 7) is 5.49. The van der Waals surface area contributed by atoms with E-state index in [-0.39, 0.29) is 24.2 Å². The van der Waals surface area contributed by atoms with Gasteiger partial charge < -0.3 is 15.7 Å². The number of β-amino-alcohol motifs (C(OH)–C–C–N with tert-alkyl or cyclic N) is 1. The summed E-state index contributed by atoms with van der Waals surface area (Å²) in [6.07, 6.45) is 1.17. The van der Waals surface area contributed by atoms with Crippen LogP contribution in [0.15, 0.2) is 12.3 Å². The molecule has 1 amide bonds. The lowest BCUT2D eigenvalue weighted by molar-refractivity contribution is 0.0925. The highest BCUT2D eigenvalue weighted by Crippen LogP contribution is 2.12. The number of carbonyl (C=O) groups is 1. The molecule has 0 bridgehead atoms. The van der Waals surface area contributed by atoms with Crippen LogP contribution in [0.3, 0.4) is 0 Å². The molecule has 1 aliphatic heterocycles. The smallest absolute Gasteiger partial charge is 0.254 e. The molecular formula is C14H20ClN5O2. The monoisotopic (exact) mass is 325 g/mol. The molecule has 1 fully saturated rings. The molecular weight excluding hydrogens is 306 g/mol. The van der Waals surface area contributed by atoms with Crippen LogP contribution in [0.1, 0.15) is 21.7 Å². The number of hydrogen-bond donors (Lipinski definition) is 3. The van der Waals surface area contributed by atoms with Crippen molar-refractivity contribution in [1.29, 1.82) is 0 Å². The van der Waals surface area contributed by atoms with Crippen LogP contribution in [0.25, 0.3) is 5.65 Å². The highest BCUT2D eigenvalue weighted by Gasteiger charge is 2.25. The third-order valence-electron chi connectivity index (χ3n) is 3.92. The first-order valence-corrected chi connectivity index (χ1v) is 7.05. The summed E-state index contributed by atoms with van der Waals surface area (Å²) in [5, 5.41) is 20.0. The summed E-state index contributed by atoms with van der Waals surface area (Å²) in [6, 6.07) is 1.87. The first-order chi connectivity index (χ1) is 10.1. The SMILES string of the molecule is Cc1cc2ncc(C(=O)NCC3CNCC3O)c(C)n2n1.Cl. The summed E-state index contributed by atoms with van der Waals surface area (Å²) in [5.74, 6) is -0.132. The maximum atomic E-state index is 12.3. The van der Waals surface area contributed by atoms with Gasteiger partial charge in [-0.25, -0.2) is 9.50 Å². The molecule has 3 heterocycles. The Hall–Kier alpha value is -1.70. The lowest BCUT2D eigenvalue weighted by Gasteiger charge is -2.14. The van der Waals surface area contributed by atoms with Gasteiger partial charge in [0.15, 0.2) is 5.65 Å². The number of halogens is 1. The molecule has 0 radical (unpaired) electrons. The minimum absolute atomic E-state index is 0. The maximum Gasteiger partial charge on any atom is 0.254 e. The first-order valence-electron chi connectivity index (χ1n) is 7.05. The molecule has 1 aliphatic rings. The number of aliphatic hydroxyl groups excluding tert-OH is 1. The van der Waals surface area contributed by atoms with Crippen LogP contribution in [0.5, 0.6) is 0 Å². The number of carbonyl (C=O) groups excluding carboxylic acids is 1. The topological polar surface area (TPSA) is 91.5 Å². The average molecular weight is 326 g/mol. The Labute approximate surface area is 134 Å². The van der Waals surface area contributed by atoms with Crippen LogP contribution in [-0.2, 0) is 0 Å². The number of amides is 1. The third-order valence-corrected chi connectivity index (χ3v) is 3.92. The van der Waals surface area contributed by atoms with E-state index in [1.54, 1.807) is 10.7 Å². The summed E-state index contributed by atoms with van der Waals surface area (Å²) in [7, 11) is 0. The second-order valence-electron chi connectivity index (χ2n) is 5.51. The molecule has 2 aromatic rings. The molecule has 1 saturated heterocycles. The van der Waals surface area contributed by atoms with Gasteiger partial charge in [-0.15, -0.1) is 12.4 Å². The zero-order valence-corrected chi connectivity index (χ0v) is 13.4. The van der Waals surface area contributed by atoms with Crippen molar-refractivity contribution in [3.63, 3.8) is 0 Å². The molecule has 3 rings (SSSR count). The number of nitrogens with zero attached hydrogens (tertiary/aromatic N) is 3. The Morgan fingerprint density at radius 1 is 1.50 bits per heavy atom.